The van der Waals surface area contributed by atoms with Crippen molar-refractivity contribution in [2.45, 2.75) is 13.8 Å². The van der Waals surface area contributed by atoms with Gasteiger partial charge in [0.2, 0.25) is 0 Å². The summed E-state index contributed by atoms with van der Waals surface area (Å²) in [6, 6.07) is 4.00. The molecule has 18 heavy (non-hydrogen) atoms. The smallest absolute Gasteiger partial charge is 0.423 e. The Balaban J connectivity index is 2.68. The topological polar surface area (TPSA) is 69.9 Å². The lowest BCUT2D eigenvalue weighted by molar-refractivity contribution is 0.0235. The number of aliphatic hydroxyl groups excluding tert-OH is 2. The second-order valence-corrected chi connectivity index (χ2v) is 4.79. The van der Waals surface area contributed by atoms with E-state index in [1.807, 2.05) is 0 Å². The molecule has 0 aliphatic carbocycles. The van der Waals surface area contributed by atoms with Gasteiger partial charge < -0.3 is 19.9 Å². The molecule has 0 bridgehead atoms. The third-order valence-electron chi connectivity index (χ3n) is 2.85. The molecular weight excluding hydrogens is 238 g/mol. The van der Waals surface area contributed by atoms with E-state index >= 15 is 0 Å². The van der Waals surface area contributed by atoms with Crippen LogP contribution < -0.4 is 5.46 Å². The molecule has 0 saturated carbocycles. The normalized spacial score (nSPS) is 11.7. The third kappa shape index (κ3) is 3.78. The fourth-order valence-corrected chi connectivity index (χ4v) is 1.43. The molecule has 0 aliphatic heterocycles. The van der Waals surface area contributed by atoms with E-state index in [0.717, 1.165) is 0 Å². The Morgan fingerprint density at radius 1 is 1.33 bits per heavy atom. The standard InChI is InChI=1S/C12H18BFO4/c1-9-5-10(14)3-4-11(9)13(17)18-8-12(2,6-15)7-16/h3-5,15-17H,6-8H2,1-2H3. The van der Waals surface area contributed by atoms with Gasteiger partial charge in [-0.2, -0.15) is 0 Å². The van der Waals surface area contributed by atoms with Crippen LogP contribution in [0.4, 0.5) is 4.39 Å². The summed E-state index contributed by atoms with van der Waals surface area (Å²) in [6.45, 7) is 2.80. The Morgan fingerprint density at radius 2 is 1.94 bits per heavy atom. The highest BCUT2D eigenvalue weighted by molar-refractivity contribution is 6.60. The Bertz CT molecular complexity index is 396. The van der Waals surface area contributed by atoms with Gasteiger partial charge in [-0.15, -0.1) is 0 Å². The van der Waals surface area contributed by atoms with Crippen LogP contribution in [0.15, 0.2) is 18.2 Å². The first-order valence-electron chi connectivity index (χ1n) is 5.69. The number of aliphatic hydroxyl groups is 2. The average molecular weight is 256 g/mol. The molecular formula is C12H18BFO4. The van der Waals surface area contributed by atoms with E-state index in [2.05, 4.69) is 0 Å². The lowest BCUT2D eigenvalue weighted by Gasteiger charge is -2.25. The van der Waals surface area contributed by atoms with Gasteiger partial charge in [-0.1, -0.05) is 13.0 Å². The van der Waals surface area contributed by atoms with Crippen molar-refractivity contribution < 1.29 is 24.3 Å². The van der Waals surface area contributed by atoms with Gasteiger partial charge in [-0.25, -0.2) is 4.39 Å². The van der Waals surface area contributed by atoms with Gasteiger partial charge in [0, 0.05) is 12.0 Å². The Labute approximate surface area is 106 Å². The lowest BCUT2D eigenvalue weighted by atomic mass is 9.76. The quantitative estimate of drug-likeness (QED) is 0.618. The van der Waals surface area contributed by atoms with E-state index in [4.69, 9.17) is 14.9 Å². The molecule has 0 saturated heterocycles. The molecule has 0 radical (unpaired) electrons. The summed E-state index contributed by atoms with van der Waals surface area (Å²) in [5, 5.41) is 28.0. The van der Waals surface area contributed by atoms with Gasteiger partial charge in [0.1, 0.15) is 5.82 Å². The molecule has 1 aromatic rings. The van der Waals surface area contributed by atoms with E-state index in [-0.39, 0.29) is 25.6 Å². The predicted octanol–water partition coefficient (Wildman–Crippen LogP) is -0.171. The molecule has 0 amide bonds. The van der Waals surface area contributed by atoms with Crippen molar-refractivity contribution in [2.24, 2.45) is 5.41 Å². The van der Waals surface area contributed by atoms with Crippen molar-refractivity contribution in [3.63, 3.8) is 0 Å². The lowest BCUT2D eigenvalue weighted by Crippen LogP contribution is -2.41. The number of halogens is 1. The zero-order valence-electron chi connectivity index (χ0n) is 10.6. The molecule has 0 unspecified atom stereocenters. The van der Waals surface area contributed by atoms with Crippen molar-refractivity contribution in [3.8, 4) is 0 Å². The highest BCUT2D eigenvalue weighted by atomic mass is 19.1. The second-order valence-electron chi connectivity index (χ2n) is 4.79. The van der Waals surface area contributed by atoms with Crippen molar-refractivity contribution in [1.82, 2.24) is 0 Å². The molecule has 100 valence electrons. The molecule has 0 spiro atoms. The van der Waals surface area contributed by atoms with E-state index in [9.17, 15) is 9.41 Å². The zero-order chi connectivity index (χ0) is 13.8. The molecule has 4 nitrogen and oxygen atoms in total. The van der Waals surface area contributed by atoms with Crippen LogP contribution in [0, 0.1) is 18.2 Å². The van der Waals surface area contributed by atoms with Crippen LogP contribution in [0.5, 0.6) is 0 Å². The molecule has 0 heterocycles. The molecule has 0 aromatic heterocycles. The summed E-state index contributed by atoms with van der Waals surface area (Å²) in [4.78, 5) is 0. The number of benzene rings is 1. The number of hydrogen-bond acceptors (Lipinski definition) is 4. The summed E-state index contributed by atoms with van der Waals surface area (Å²) in [5.74, 6) is -0.376. The van der Waals surface area contributed by atoms with Gasteiger partial charge >= 0.3 is 7.12 Å². The molecule has 0 fully saturated rings. The fraction of sp³-hybridized carbons (Fsp3) is 0.500. The monoisotopic (exact) mass is 256 g/mol. The van der Waals surface area contributed by atoms with E-state index in [1.54, 1.807) is 13.8 Å². The van der Waals surface area contributed by atoms with Crippen molar-refractivity contribution in [3.05, 3.63) is 29.6 Å². The molecule has 1 rings (SSSR count). The van der Waals surface area contributed by atoms with Gasteiger partial charge in [-0.05, 0) is 30.1 Å². The molecule has 0 atom stereocenters. The first-order valence-corrected chi connectivity index (χ1v) is 5.69. The van der Waals surface area contributed by atoms with Gasteiger partial charge in [0.05, 0.1) is 13.2 Å². The van der Waals surface area contributed by atoms with Gasteiger partial charge in [0.15, 0.2) is 0 Å². The maximum Gasteiger partial charge on any atom is 0.491 e. The van der Waals surface area contributed by atoms with Crippen LogP contribution in [0.1, 0.15) is 12.5 Å². The van der Waals surface area contributed by atoms with E-state index < -0.39 is 12.5 Å². The Morgan fingerprint density at radius 3 is 2.44 bits per heavy atom. The number of aryl methyl sites for hydroxylation is 1. The first kappa shape index (κ1) is 15.1. The number of hydrogen-bond donors (Lipinski definition) is 3. The minimum Gasteiger partial charge on any atom is -0.423 e. The maximum absolute atomic E-state index is 12.9. The first-order chi connectivity index (χ1) is 8.41. The largest absolute Gasteiger partial charge is 0.491 e. The third-order valence-corrected chi connectivity index (χ3v) is 2.85. The number of rotatable bonds is 6. The van der Waals surface area contributed by atoms with Crippen molar-refractivity contribution in [2.75, 3.05) is 19.8 Å². The predicted molar refractivity (Wildman–Crippen MR) is 67.0 cm³/mol. The van der Waals surface area contributed by atoms with Gasteiger partial charge in [-0.3, -0.25) is 0 Å². The summed E-state index contributed by atoms with van der Waals surface area (Å²) >= 11 is 0. The molecule has 3 N–H and O–H groups in total. The van der Waals surface area contributed by atoms with Crippen LogP contribution in [-0.2, 0) is 4.65 Å². The minimum absolute atomic E-state index is 0.00200. The van der Waals surface area contributed by atoms with Crippen LogP contribution in [-0.4, -0.2) is 42.2 Å². The average Bonchev–Trinajstić information content (AvgIpc) is 2.35. The SMILES string of the molecule is Cc1cc(F)ccc1B(O)OCC(C)(CO)CO. The summed E-state index contributed by atoms with van der Waals surface area (Å²) < 4.78 is 18.1. The zero-order valence-corrected chi connectivity index (χ0v) is 10.6. The second kappa shape index (κ2) is 6.29. The van der Waals surface area contributed by atoms with E-state index in [0.29, 0.717) is 11.0 Å². The summed E-state index contributed by atoms with van der Waals surface area (Å²) in [6.07, 6.45) is 0. The van der Waals surface area contributed by atoms with Crippen LogP contribution in [0.3, 0.4) is 0 Å². The summed E-state index contributed by atoms with van der Waals surface area (Å²) in [5.41, 5.74) is 0.237. The highest BCUT2D eigenvalue weighted by Crippen LogP contribution is 2.14. The van der Waals surface area contributed by atoms with Crippen molar-refractivity contribution >= 4 is 12.6 Å². The van der Waals surface area contributed by atoms with Crippen molar-refractivity contribution in [1.29, 1.82) is 0 Å². The molecule has 6 heteroatoms. The highest BCUT2D eigenvalue weighted by Gasteiger charge is 2.27. The molecule has 1 aromatic carbocycles. The van der Waals surface area contributed by atoms with Crippen LogP contribution >= 0.6 is 0 Å². The summed E-state index contributed by atoms with van der Waals surface area (Å²) in [7, 11) is -1.21. The van der Waals surface area contributed by atoms with Gasteiger partial charge in [0.25, 0.3) is 0 Å². The van der Waals surface area contributed by atoms with E-state index in [1.165, 1.54) is 18.2 Å². The Hall–Kier alpha value is -0.945. The fourth-order valence-electron chi connectivity index (χ4n) is 1.43. The van der Waals surface area contributed by atoms with Crippen LogP contribution in [0.2, 0.25) is 0 Å². The Kier molecular flexibility index (Phi) is 5.28. The van der Waals surface area contributed by atoms with Crippen LogP contribution in [0.25, 0.3) is 0 Å². The maximum atomic E-state index is 12.9. The molecule has 0 aliphatic rings. The minimum atomic E-state index is -1.21.